The zero-order valence-electron chi connectivity index (χ0n) is 12.4. The summed E-state index contributed by atoms with van der Waals surface area (Å²) < 4.78 is 6.01. The Balaban J connectivity index is 2.55. The molecular formula is C16H19NO4. The van der Waals surface area contributed by atoms with Crippen molar-refractivity contribution in [1.29, 1.82) is 0 Å². The van der Waals surface area contributed by atoms with E-state index in [1.807, 2.05) is 32.9 Å². The van der Waals surface area contributed by atoms with Gasteiger partial charge in [-0.25, -0.2) is 4.79 Å². The zero-order valence-corrected chi connectivity index (χ0v) is 12.4. The van der Waals surface area contributed by atoms with Gasteiger partial charge < -0.3 is 14.7 Å². The number of aryl methyl sites for hydroxylation is 1. The Morgan fingerprint density at radius 3 is 2.76 bits per heavy atom. The largest absolute Gasteiger partial charge is 0.486 e. The Kier molecular flexibility index (Phi) is 4.31. The number of carbonyl (C=O) groups excluding carboxylic acids is 1. The van der Waals surface area contributed by atoms with Gasteiger partial charge in [0, 0.05) is 6.08 Å². The molecule has 0 bridgehead atoms. The summed E-state index contributed by atoms with van der Waals surface area (Å²) in [4.78, 5) is 23.9. The molecule has 1 aliphatic heterocycles. The normalized spacial score (nSPS) is 18.2. The second-order valence-corrected chi connectivity index (χ2v) is 5.43. The van der Waals surface area contributed by atoms with Gasteiger partial charge in [-0.15, -0.1) is 0 Å². The second kappa shape index (κ2) is 5.99. The van der Waals surface area contributed by atoms with E-state index in [2.05, 4.69) is 0 Å². The van der Waals surface area contributed by atoms with E-state index in [4.69, 9.17) is 4.74 Å². The summed E-state index contributed by atoms with van der Waals surface area (Å²) in [5.74, 6) is -0.217. The van der Waals surface area contributed by atoms with Crippen LogP contribution in [0.4, 0.5) is 5.69 Å². The first-order valence-electron chi connectivity index (χ1n) is 6.88. The number of benzene rings is 1. The average Bonchev–Trinajstić information content (AvgIpc) is 2.44. The van der Waals surface area contributed by atoms with Crippen LogP contribution in [-0.4, -0.2) is 30.0 Å². The van der Waals surface area contributed by atoms with E-state index in [0.717, 1.165) is 11.6 Å². The van der Waals surface area contributed by atoms with Crippen LogP contribution in [0.15, 0.2) is 30.0 Å². The third-order valence-corrected chi connectivity index (χ3v) is 3.59. The van der Waals surface area contributed by atoms with Crippen LogP contribution in [0, 0.1) is 12.8 Å². The lowest BCUT2D eigenvalue weighted by atomic mass is 10.0. The minimum Gasteiger partial charge on any atom is -0.486 e. The molecule has 1 aromatic carbocycles. The van der Waals surface area contributed by atoms with Crippen LogP contribution in [0.1, 0.15) is 19.4 Å². The van der Waals surface area contributed by atoms with Gasteiger partial charge in [0.15, 0.2) is 0 Å². The smallest absolute Gasteiger partial charge is 0.352 e. The molecule has 1 atom stereocenters. The van der Waals surface area contributed by atoms with Crippen molar-refractivity contribution in [2.24, 2.45) is 5.92 Å². The highest BCUT2D eigenvalue weighted by Crippen LogP contribution is 2.39. The zero-order chi connectivity index (χ0) is 15.6. The molecule has 0 fully saturated rings. The number of carboxylic acid groups (broad SMARTS) is 1. The molecule has 1 heterocycles. The van der Waals surface area contributed by atoms with Gasteiger partial charge in [-0.3, -0.25) is 4.79 Å². The summed E-state index contributed by atoms with van der Waals surface area (Å²) in [6, 6.07) is 5.57. The topological polar surface area (TPSA) is 66.8 Å². The Bertz CT molecular complexity index is 592. The molecule has 5 heteroatoms. The number of aliphatic carboxylic acids is 1. The first kappa shape index (κ1) is 15.1. The van der Waals surface area contributed by atoms with Crippen LogP contribution >= 0.6 is 0 Å². The predicted molar refractivity (Wildman–Crippen MR) is 79.6 cm³/mol. The minimum atomic E-state index is -1.13. The quantitative estimate of drug-likeness (QED) is 0.681. The summed E-state index contributed by atoms with van der Waals surface area (Å²) in [6.45, 7) is 6.37. The van der Waals surface area contributed by atoms with Crippen molar-refractivity contribution in [3.05, 3.63) is 35.5 Å². The standard InChI is InChI=1S/C16H19NO4/c1-10(2)14-9-17(13(7-8-18)16(19)20)12-6-4-5-11(3)15(12)21-14/h4-8,10,14H,9H2,1-3H3,(H,19,20). The second-order valence-electron chi connectivity index (χ2n) is 5.43. The van der Waals surface area contributed by atoms with Gasteiger partial charge >= 0.3 is 5.97 Å². The lowest BCUT2D eigenvalue weighted by molar-refractivity contribution is -0.133. The highest BCUT2D eigenvalue weighted by Gasteiger charge is 2.32. The molecule has 0 amide bonds. The first-order chi connectivity index (χ1) is 9.95. The van der Waals surface area contributed by atoms with Crippen LogP contribution in [-0.2, 0) is 9.59 Å². The third kappa shape index (κ3) is 2.91. The maximum atomic E-state index is 11.5. The van der Waals surface area contributed by atoms with E-state index >= 15 is 0 Å². The highest BCUT2D eigenvalue weighted by molar-refractivity contribution is 5.96. The first-order valence-corrected chi connectivity index (χ1v) is 6.88. The van der Waals surface area contributed by atoms with Crippen molar-refractivity contribution in [3.63, 3.8) is 0 Å². The molecule has 1 N–H and O–H groups in total. The van der Waals surface area contributed by atoms with E-state index in [1.54, 1.807) is 11.0 Å². The fourth-order valence-electron chi connectivity index (χ4n) is 2.39. The number of allylic oxidation sites excluding steroid dienone is 1. The number of hydrogen-bond donors (Lipinski definition) is 1. The number of para-hydroxylation sites is 1. The molecule has 0 saturated carbocycles. The number of carbonyl (C=O) groups is 2. The van der Waals surface area contributed by atoms with Crippen molar-refractivity contribution in [1.82, 2.24) is 0 Å². The van der Waals surface area contributed by atoms with Gasteiger partial charge in [0.25, 0.3) is 0 Å². The molecule has 1 unspecified atom stereocenters. The summed E-state index contributed by atoms with van der Waals surface area (Å²) in [5.41, 5.74) is 1.59. The number of ether oxygens (including phenoxy) is 1. The molecule has 5 nitrogen and oxygen atoms in total. The van der Waals surface area contributed by atoms with Crippen LogP contribution in [0.2, 0.25) is 0 Å². The summed E-state index contributed by atoms with van der Waals surface area (Å²) in [5, 5.41) is 9.37. The minimum absolute atomic E-state index is 0.0363. The van der Waals surface area contributed by atoms with Gasteiger partial charge in [-0.2, -0.15) is 0 Å². The Hall–Kier alpha value is -2.30. The summed E-state index contributed by atoms with van der Waals surface area (Å²) >= 11 is 0. The van der Waals surface area contributed by atoms with Gasteiger partial charge in [-0.05, 0) is 24.5 Å². The molecule has 0 saturated heterocycles. The van der Waals surface area contributed by atoms with Crippen LogP contribution in [0.3, 0.4) is 0 Å². The molecule has 0 aliphatic carbocycles. The number of hydrogen-bond acceptors (Lipinski definition) is 4. The number of nitrogens with zero attached hydrogens (tertiary/aromatic N) is 1. The number of rotatable bonds is 4. The van der Waals surface area contributed by atoms with Crippen molar-refractivity contribution in [2.45, 2.75) is 26.9 Å². The Labute approximate surface area is 123 Å². The lowest BCUT2D eigenvalue weighted by Gasteiger charge is -2.38. The van der Waals surface area contributed by atoms with E-state index < -0.39 is 5.97 Å². The number of anilines is 1. The average molecular weight is 289 g/mol. The van der Waals surface area contributed by atoms with Crippen molar-refractivity contribution in [2.75, 3.05) is 11.4 Å². The molecular weight excluding hydrogens is 270 g/mol. The van der Waals surface area contributed by atoms with Crippen molar-refractivity contribution < 1.29 is 19.4 Å². The van der Waals surface area contributed by atoms with Gasteiger partial charge in [0.1, 0.15) is 23.8 Å². The van der Waals surface area contributed by atoms with Gasteiger partial charge in [-0.1, -0.05) is 26.0 Å². The Morgan fingerprint density at radius 2 is 2.19 bits per heavy atom. The molecule has 0 radical (unpaired) electrons. The molecule has 0 spiro atoms. The van der Waals surface area contributed by atoms with Crippen LogP contribution in [0.25, 0.3) is 0 Å². The maximum Gasteiger partial charge on any atom is 0.352 e. The summed E-state index contributed by atoms with van der Waals surface area (Å²) in [6.07, 6.45) is 1.45. The fourth-order valence-corrected chi connectivity index (χ4v) is 2.39. The Morgan fingerprint density at radius 1 is 1.48 bits per heavy atom. The number of carboxylic acids is 1. The highest BCUT2D eigenvalue weighted by atomic mass is 16.5. The molecule has 112 valence electrons. The van der Waals surface area contributed by atoms with Crippen molar-refractivity contribution >= 4 is 17.9 Å². The van der Waals surface area contributed by atoms with E-state index in [0.29, 0.717) is 24.3 Å². The molecule has 21 heavy (non-hydrogen) atoms. The SMILES string of the molecule is Cc1cccc2c1OC(C(C)C)CN2C(=CC=O)C(=O)O. The molecule has 1 aliphatic rings. The van der Waals surface area contributed by atoms with Gasteiger partial charge in [0.05, 0.1) is 12.2 Å². The monoisotopic (exact) mass is 289 g/mol. The number of fused-ring (bicyclic) bond motifs is 1. The predicted octanol–water partition coefficient (Wildman–Crippen LogP) is 2.39. The van der Waals surface area contributed by atoms with E-state index in [1.165, 1.54) is 0 Å². The van der Waals surface area contributed by atoms with E-state index in [-0.39, 0.29) is 17.7 Å². The number of aldehydes is 1. The maximum absolute atomic E-state index is 11.5. The lowest BCUT2D eigenvalue weighted by Crippen LogP contribution is -2.44. The molecule has 0 aromatic heterocycles. The van der Waals surface area contributed by atoms with Crippen LogP contribution < -0.4 is 9.64 Å². The molecule has 1 aromatic rings. The fraction of sp³-hybridized carbons (Fsp3) is 0.375. The van der Waals surface area contributed by atoms with Gasteiger partial charge in [0.2, 0.25) is 0 Å². The third-order valence-electron chi connectivity index (χ3n) is 3.59. The van der Waals surface area contributed by atoms with Crippen molar-refractivity contribution in [3.8, 4) is 5.75 Å². The van der Waals surface area contributed by atoms with Crippen LogP contribution in [0.5, 0.6) is 5.75 Å². The summed E-state index contributed by atoms with van der Waals surface area (Å²) in [7, 11) is 0. The van der Waals surface area contributed by atoms with E-state index in [9.17, 15) is 14.7 Å². The molecule has 2 rings (SSSR count).